The molecule has 5 nitrogen and oxygen atoms in total. The Morgan fingerprint density at radius 1 is 1.11 bits per heavy atom. The molecule has 0 radical (unpaired) electrons. The van der Waals surface area contributed by atoms with Crippen LogP contribution in [0.25, 0.3) is 0 Å². The van der Waals surface area contributed by atoms with Crippen LogP contribution in [-0.2, 0) is 11.2 Å². The first-order chi connectivity index (χ1) is 13.8. The molecule has 2 aliphatic heterocycles. The number of ether oxygens (including phenoxy) is 2. The molecule has 0 bridgehead atoms. The zero-order valence-corrected chi connectivity index (χ0v) is 16.9. The molecule has 3 aromatic rings. The van der Waals surface area contributed by atoms with Gasteiger partial charge in [-0.05, 0) is 35.0 Å². The summed E-state index contributed by atoms with van der Waals surface area (Å²) in [5.74, 6) is 1.44. The van der Waals surface area contributed by atoms with Crippen LogP contribution in [0, 0.1) is 0 Å². The summed E-state index contributed by atoms with van der Waals surface area (Å²) in [5.41, 5.74) is 2.12. The van der Waals surface area contributed by atoms with E-state index in [0.29, 0.717) is 25.5 Å². The number of thiophene rings is 2. The molecule has 0 saturated heterocycles. The number of fused-ring (bicyclic) bond motifs is 2. The summed E-state index contributed by atoms with van der Waals surface area (Å²) < 4.78 is 11.2. The highest BCUT2D eigenvalue weighted by molar-refractivity contribution is 7.10. The van der Waals surface area contributed by atoms with E-state index in [1.165, 1.54) is 20.2 Å². The highest BCUT2D eigenvalue weighted by atomic mass is 32.1. The van der Waals surface area contributed by atoms with Gasteiger partial charge in [-0.3, -0.25) is 4.79 Å². The summed E-state index contributed by atoms with van der Waals surface area (Å²) in [6, 6.07) is 12.3. The Morgan fingerprint density at radius 2 is 2.00 bits per heavy atom. The van der Waals surface area contributed by atoms with Crippen LogP contribution in [0.2, 0.25) is 0 Å². The predicted molar refractivity (Wildman–Crippen MR) is 111 cm³/mol. The van der Waals surface area contributed by atoms with Crippen molar-refractivity contribution < 1.29 is 19.2 Å². The molecule has 144 valence electrons. The third kappa shape index (κ3) is 3.41. The van der Waals surface area contributed by atoms with Gasteiger partial charge >= 0.3 is 0 Å². The number of rotatable bonds is 4. The zero-order valence-electron chi connectivity index (χ0n) is 15.3. The van der Waals surface area contributed by atoms with Crippen LogP contribution >= 0.6 is 22.7 Å². The van der Waals surface area contributed by atoms with Crippen molar-refractivity contribution in [3.05, 3.63) is 62.5 Å². The van der Waals surface area contributed by atoms with Crippen molar-refractivity contribution in [2.24, 2.45) is 0 Å². The predicted octanol–water partition coefficient (Wildman–Crippen LogP) is 2.75. The Hall–Kier alpha value is -2.35. The number of anilines is 1. The van der Waals surface area contributed by atoms with Crippen molar-refractivity contribution in [2.75, 3.05) is 31.6 Å². The van der Waals surface area contributed by atoms with Crippen molar-refractivity contribution in [3.63, 3.8) is 0 Å². The minimum absolute atomic E-state index is 0.0203. The second-order valence-electron chi connectivity index (χ2n) is 6.99. The molecule has 2 aliphatic rings. The van der Waals surface area contributed by atoms with Crippen LogP contribution in [-0.4, -0.2) is 32.2 Å². The van der Waals surface area contributed by atoms with E-state index >= 15 is 0 Å². The molecule has 2 atom stereocenters. The third-order valence-electron chi connectivity index (χ3n) is 5.21. The average molecular weight is 414 g/mol. The number of carbonyl (C=O) groups is 1. The quantitative estimate of drug-likeness (QED) is 0.692. The number of benzene rings is 1. The molecule has 0 fully saturated rings. The van der Waals surface area contributed by atoms with Crippen molar-refractivity contribution in [1.82, 2.24) is 0 Å². The molecule has 0 saturated carbocycles. The normalized spacial score (nSPS) is 20.4. The first-order valence-corrected chi connectivity index (χ1v) is 11.2. The first kappa shape index (κ1) is 17.7. The second-order valence-corrected chi connectivity index (χ2v) is 8.97. The van der Waals surface area contributed by atoms with Gasteiger partial charge in [0.05, 0.1) is 11.4 Å². The van der Waals surface area contributed by atoms with E-state index in [0.717, 1.165) is 24.4 Å². The largest absolute Gasteiger partial charge is 0.486 e. The Balaban J connectivity index is 1.33. The second kappa shape index (κ2) is 7.58. The van der Waals surface area contributed by atoms with E-state index in [1.807, 2.05) is 29.5 Å². The highest BCUT2D eigenvalue weighted by Gasteiger charge is 2.35. The van der Waals surface area contributed by atoms with E-state index in [4.69, 9.17) is 9.47 Å². The van der Waals surface area contributed by atoms with Gasteiger partial charge in [0.2, 0.25) is 0 Å². The molecule has 0 spiro atoms. The molecular weight excluding hydrogens is 392 g/mol. The van der Waals surface area contributed by atoms with Gasteiger partial charge in [-0.1, -0.05) is 6.07 Å². The van der Waals surface area contributed by atoms with Crippen LogP contribution in [0.3, 0.4) is 0 Å². The summed E-state index contributed by atoms with van der Waals surface area (Å²) >= 11 is 3.60. The van der Waals surface area contributed by atoms with Crippen molar-refractivity contribution in [3.8, 4) is 11.5 Å². The molecular formula is C21H21N2O3S2+. The number of hydrogen-bond donors (Lipinski definition) is 2. The zero-order chi connectivity index (χ0) is 18.9. The van der Waals surface area contributed by atoms with E-state index in [-0.39, 0.29) is 11.9 Å². The Morgan fingerprint density at radius 3 is 2.86 bits per heavy atom. The maximum atomic E-state index is 12.8. The smallest absolute Gasteiger partial charge is 0.279 e. The van der Waals surface area contributed by atoms with Gasteiger partial charge in [0.1, 0.15) is 19.3 Å². The van der Waals surface area contributed by atoms with Crippen LogP contribution in [0.15, 0.2) is 47.2 Å². The van der Waals surface area contributed by atoms with Gasteiger partial charge < -0.3 is 19.7 Å². The maximum absolute atomic E-state index is 12.8. The fourth-order valence-electron chi connectivity index (χ4n) is 3.98. The molecule has 1 amide bonds. The van der Waals surface area contributed by atoms with Crippen LogP contribution in [0.5, 0.6) is 11.5 Å². The van der Waals surface area contributed by atoms with Gasteiger partial charge in [-0.2, -0.15) is 0 Å². The van der Waals surface area contributed by atoms with Crippen molar-refractivity contribution in [2.45, 2.75) is 12.5 Å². The minimum atomic E-state index is 0.0203. The fourth-order valence-corrected chi connectivity index (χ4v) is 5.80. The number of amides is 1. The number of nitrogens with one attached hydrogen (secondary N) is 2. The number of hydrogen-bond acceptors (Lipinski definition) is 5. The van der Waals surface area contributed by atoms with E-state index in [2.05, 4.69) is 34.3 Å². The lowest BCUT2D eigenvalue weighted by Gasteiger charge is -2.31. The van der Waals surface area contributed by atoms with Crippen LogP contribution in [0.1, 0.15) is 21.4 Å². The maximum Gasteiger partial charge on any atom is 0.279 e. The van der Waals surface area contributed by atoms with Gasteiger partial charge in [0, 0.05) is 28.6 Å². The molecule has 28 heavy (non-hydrogen) atoms. The third-order valence-corrected chi connectivity index (χ3v) is 7.15. The number of carbonyl (C=O) groups excluding carboxylic acids is 1. The molecule has 0 aliphatic carbocycles. The molecule has 4 heterocycles. The lowest BCUT2D eigenvalue weighted by molar-refractivity contribution is -0.919. The average Bonchev–Trinajstić information content (AvgIpc) is 3.39. The SMILES string of the molecule is O=C(C[NH+]1CCc2sccc2[C@H]1c1cccs1)Nc1ccc2c(c1)OCCO2. The van der Waals surface area contributed by atoms with Gasteiger partial charge in [-0.15, -0.1) is 22.7 Å². The van der Waals surface area contributed by atoms with Gasteiger partial charge in [0.25, 0.3) is 5.91 Å². The molecule has 2 N–H and O–H groups in total. The molecule has 1 aromatic carbocycles. The minimum Gasteiger partial charge on any atom is -0.486 e. The van der Waals surface area contributed by atoms with Crippen molar-refractivity contribution >= 4 is 34.3 Å². The molecule has 1 unspecified atom stereocenters. The fraction of sp³-hybridized carbons (Fsp3) is 0.286. The van der Waals surface area contributed by atoms with E-state index < -0.39 is 0 Å². The molecule has 5 rings (SSSR count). The highest BCUT2D eigenvalue weighted by Crippen LogP contribution is 2.33. The summed E-state index contributed by atoms with van der Waals surface area (Å²) in [5, 5.41) is 7.32. The van der Waals surface area contributed by atoms with Crippen molar-refractivity contribution in [1.29, 1.82) is 0 Å². The number of quaternary nitrogens is 1. The molecule has 2 aromatic heterocycles. The Labute approximate surface area is 171 Å². The first-order valence-electron chi connectivity index (χ1n) is 9.41. The van der Waals surface area contributed by atoms with Gasteiger partial charge in [-0.25, -0.2) is 0 Å². The van der Waals surface area contributed by atoms with Crippen LogP contribution < -0.4 is 19.7 Å². The van der Waals surface area contributed by atoms with E-state index in [9.17, 15) is 4.79 Å². The summed E-state index contributed by atoms with van der Waals surface area (Å²) in [6.45, 7) is 2.50. The topological polar surface area (TPSA) is 52.0 Å². The standard InChI is InChI=1S/C21H20N2O3S2/c24-20(22-14-3-4-16-17(12-14)26-9-8-25-16)13-23-7-5-18-15(6-11-28-18)21(23)19-2-1-10-27-19/h1-4,6,10-12,21H,5,7-9,13H2,(H,22,24)/p+1/t21-/m0/s1. The van der Waals surface area contributed by atoms with Gasteiger partial charge in [0.15, 0.2) is 18.0 Å². The Kier molecular flexibility index (Phi) is 4.80. The van der Waals surface area contributed by atoms with Crippen LogP contribution in [0.4, 0.5) is 5.69 Å². The molecule has 7 heteroatoms. The monoisotopic (exact) mass is 413 g/mol. The summed E-state index contributed by atoms with van der Waals surface area (Å²) in [6.07, 6.45) is 1.03. The van der Waals surface area contributed by atoms with E-state index in [1.54, 1.807) is 11.3 Å². The lowest BCUT2D eigenvalue weighted by Crippen LogP contribution is -3.14. The Bertz CT molecular complexity index is 983. The lowest BCUT2D eigenvalue weighted by atomic mass is 9.98. The summed E-state index contributed by atoms with van der Waals surface area (Å²) in [7, 11) is 0. The summed E-state index contributed by atoms with van der Waals surface area (Å²) in [4.78, 5) is 16.9.